The van der Waals surface area contributed by atoms with Crippen LogP contribution in [0.2, 0.25) is 5.02 Å². The monoisotopic (exact) mass is 414 g/mol. The van der Waals surface area contributed by atoms with Crippen LogP contribution in [0.4, 0.5) is 0 Å². The molecule has 3 aromatic carbocycles. The van der Waals surface area contributed by atoms with Crippen LogP contribution in [0.25, 0.3) is 0 Å². The number of aryl methyl sites for hydroxylation is 1. The van der Waals surface area contributed by atoms with Crippen molar-refractivity contribution in [1.29, 1.82) is 0 Å². The number of hydrogen-bond acceptors (Lipinski definition) is 4. The summed E-state index contributed by atoms with van der Waals surface area (Å²) in [6.07, 6.45) is 1.44. The second-order valence-corrected chi connectivity index (χ2v) is 8.25. The number of sulfonamides is 1. The number of hydrogen-bond donors (Lipinski definition) is 1. The zero-order valence-corrected chi connectivity index (χ0v) is 16.7. The molecule has 0 bridgehead atoms. The Kier molecular flexibility index (Phi) is 6.34. The quantitative estimate of drug-likeness (QED) is 0.456. The predicted octanol–water partition coefficient (Wildman–Crippen LogP) is 4.54. The molecular formula is C21H19ClN2O3S. The average molecular weight is 415 g/mol. The van der Waals surface area contributed by atoms with Gasteiger partial charge in [0, 0.05) is 5.02 Å². The molecule has 0 saturated carbocycles. The summed E-state index contributed by atoms with van der Waals surface area (Å²) in [7, 11) is -3.68. The Hall–Kier alpha value is -2.83. The van der Waals surface area contributed by atoms with Crippen LogP contribution in [-0.4, -0.2) is 14.6 Å². The van der Waals surface area contributed by atoms with Crippen molar-refractivity contribution in [1.82, 2.24) is 4.83 Å². The molecule has 144 valence electrons. The molecule has 0 fully saturated rings. The lowest BCUT2D eigenvalue weighted by molar-refractivity contribution is 0.306. The van der Waals surface area contributed by atoms with Crippen LogP contribution in [0.1, 0.15) is 16.7 Å². The van der Waals surface area contributed by atoms with Crippen molar-refractivity contribution >= 4 is 27.8 Å². The highest BCUT2D eigenvalue weighted by atomic mass is 35.5. The topological polar surface area (TPSA) is 67.8 Å². The summed E-state index contributed by atoms with van der Waals surface area (Å²) in [5, 5.41) is 4.51. The van der Waals surface area contributed by atoms with Gasteiger partial charge in [0.2, 0.25) is 0 Å². The Morgan fingerprint density at radius 2 is 1.61 bits per heavy atom. The van der Waals surface area contributed by atoms with E-state index in [2.05, 4.69) is 9.93 Å². The van der Waals surface area contributed by atoms with Gasteiger partial charge in [-0.05, 0) is 66.6 Å². The lowest BCUT2D eigenvalue weighted by Gasteiger charge is -2.07. The van der Waals surface area contributed by atoms with Gasteiger partial charge in [-0.1, -0.05) is 41.4 Å². The van der Waals surface area contributed by atoms with Crippen molar-refractivity contribution in [3.8, 4) is 5.75 Å². The van der Waals surface area contributed by atoms with Crippen LogP contribution in [0.5, 0.6) is 5.75 Å². The van der Waals surface area contributed by atoms with Gasteiger partial charge in [-0.15, -0.1) is 0 Å². The molecule has 7 heteroatoms. The summed E-state index contributed by atoms with van der Waals surface area (Å²) in [6, 6.07) is 21.2. The largest absolute Gasteiger partial charge is 0.489 e. The molecule has 0 amide bonds. The van der Waals surface area contributed by atoms with Gasteiger partial charge in [0.25, 0.3) is 10.0 Å². The summed E-state index contributed by atoms with van der Waals surface area (Å²) >= 11 is 5.86. The van der Waals surface area contributed by atoms with Gasteiger partial charge in [-0.25, -0.2) is 4.83 Å². The number of nitrogens with zero attached hydrogens (tertiary/aromatic N) is 1. The van der Waals surface area contributed by atoms with Crippen molar-refractivity contribution < 1.29 is 13.2 Å². The minimum Gasteiger partial charge on any atom is -0.489 e. The van der Waals surface area contributed by atoms with E-state index in [1.165, 1.54) is 6.21 Å². The fourth-order valence-corrected chi connectivity index (χ4v) is 3.26. The van der Waals surface area contributed by atoms with E-state index in [-0.39, 0.29) is 4.90 Å². The highest BCUT2D eigenvalue weighted by Gasteiger charge is 2.11. The summed E-state index contributed by atoms with van der Waals surface area (Å²) in [5.41, 5.74) is 2.74. The number of hydrazone groups is 1. The molecule has 0 heterocycles. The molecule has 0 radical (unpaired) electrons. The molecule has 0 aliphatic heterocycles. The Balaban J connectivity index is 1.56. The Labute approximate surface area is 169 Å². The summed E-state index contributed by atoms with van der Waals surface area (Å²) < 4.78 is 30.1. The van der Waals surface area contributed by atoms with E-state index < -0.39 is 10.0 Å². The standard InChI is InChI=1S/C21H19ClN2O3S/c1-16-2-12-21(13-3-16)28(25,26)24-23-14-17-6-10-20(11-7-17)27-15-18-4-8-19(22)9-5-18/h2-14,24H,15H2,1H3/b23-14+. The third-order valence-electron chi connectivity index (χ3n) is 3.92. The normalized spacial score (nSPS) is 11.5. The SMILES string of the molecule is Cc1ccc(S(=O)(=O)N/N=C/c2ccc(OCc3ccc(Cl)cc3)cc2)cc1. The van der Waals surface area contributed by atoms with Crippen LogP contribution in [0.15, 0.2) is 82.8 Å². The van der Waals surface area contributed by atoms with Gasteiger partial charge in [-0.2, -0.15) is 13.5 Å². The van der Waals surface area contributed by atoms with Crippen LogP contribution in [0.3, 0.4) is 0 Å². The maximum atomic E-state index is 12.2. The highest BCUT2D eigenvalue weighted by Crippen LogP contribution is 2.15. The van der Waals surface area contributed by atoms with Crippen LogP contribution in [0, 0.1) is 6.92 Å². The van der Waals surface area contributed by atoms with Gasteiger partial charge in [-0.3, -0.25) is 0 Å². The lowest BCUT2D eigenvalue weighted by atomic mass is 10.2. The minimum absolute atomic E-state index is 0.168. The molecule has 3 aromatic rings. The molecule has 3 rings (SSSR count). The second kappa shape index (κ2) is 8.91. The number of rotatable bonds is 7. The molecule has 0 saturated heterocycles. The first kappa shape index (κ1) is 19.9. The van der Waals surface area contributed by atoms with Crippen molar-refractivity contribution in [3.05, 3.63) is 94.5 Å². The van der Waals surface area contributed by atoms with Gasteiger partial charge in [0.05, 0.1) is 11.1 Å². The predicted molar refractivity (Wildman–Crippen MR) is 111 cm³/mol. The average Bonchev–Trinajstić information content (AvgIpc) is 2.69. The molecule has 0 atom stereocenters. The molecule has 0 aromatic heterocycles. The summed E-state index contributed by atoms with van der Waals surface area (Å²) in [4.78, 5) is 2.38. The number of benzene rings is 3. The van der Waals surface area contributed by atoms with E-state index in [4.69, 9.17) is 16.3 Å². The first-order valence-corrected chi connectivity index (χ1v) is 10.4. The van der Waals surface area contributed by atoms with Gasteiger partial charge in [0.1, 0.15) is 12.4 Å². The first-order chi connectivity index (χ1) is 13.4. The van der Waals surface area contributed by atoms with Crippen LogP contribution >= 0.6 is 11.6 Å². The first-order valence-electron chi connectivity index (χ1n) is 8.51. The van der Waals surface area contributed by atoms with E-state index in [9.17, 15) is 8.42 Å². The van der Waals surface area contributed by atoms with E-state index >= 15 is 0 Å². The van der Waals surface area contributed by atoms with Gasteiger partial charge in [0.15, 0.2) is 0 Å². The Morgan fingerprint density at radius 3 is 2.25 bits per heavy atom. The lowest BCUT2D eigenvalue weighted by Crippen LogP contribution is -2.18. The minimum atomic E-state index is -3.68. The van der Waals surface area contributed by atoms with Crippen LogP contribution in [-0.2, 0) is 16.6 Å². The molecule has 0 unspecified atom stereocenters. The molecule has 1 N–H and O–H groups in total. The fourth-order valence-electron chi connectivity index (χ4n) is 2.34. The van der Waals surface area contributed by atoms with Gasteiger partial charge >= 0.3 is 0 Å². The second-order valence-electron chi connectivity index (χ2n) is 6.15. The van der Waals surface area contributed by atoms with Crippen LogP contribution < -0.4 is 9.57 Å². The number of ether oxygens (including phenoxy) is 1. The fraction of sp³-hybridized carbons (Fsp3) is 0.0952. The number of halogens is 1. The summed E-state index contributed by atoms with van der Waals surface area (Å²) in [6.45, 7) is 2.33. The van der Waals surface area contributed by atoms with Gasteiger partial charge < -0.3 is 4.74 Å². The Bertz CT molecular complexity index is 1050. The molecule has 0 aliphatic carbocycles. The number of nitrogens with one attached hydrogen (secondary N) is 1. The van der Waals surface area contributed by atoms with Crippen molar-refractivity contribution in [2.45, 2.75) is 18.4 Å². The third kappa shape index (κ3) is 5.58. The molecule has 28 heavy (non-hydrogen) atoms. The van der Waals surface area contributed by atoms with Crippen molar-refractivity contribution in [2.24, 2.45) is 5.10 Å². The summed E-state index contributed by atoms with van der Waals surface area (Å²) in [5.74, 6) is 0.701. The Morgan fingerprint density at radius 1 is 0.964 bits per heavy atom. The van der Waals surface area contributed by atoms with Crippen molar-refractivity contribution in [2.75, 3.05) is 0 Å². The highest BCUT2D eigenvalue weighted by molar-refractivity contribution is 7.89. The maximum absolute atomic E-state index is 12.2. The third-order valence-corrected chi connectivity index (χ3v) is 5.41. The van der Waals surface area contributed by atoms with E-state index in [1.54, 1.807) is 48.5 Å². The maximum Gasteiger partial charge on any atom is 0.276 e. The smallest absolute Gasteiger partial charge is 0.276 e. The molecule has 5 nitrogen and oxygen atoms in total. The molecular weight excluding hydrogens is 396 g/mol. The van der Waals surface area contributed by atoms with Crippen molar-refractivity contribution in [3.63, 3.8) is 0 Å². The van der Waals surface area contributed by atoms with E-state index in [0.29, 0.717) is 17.4 Å². The zero-order valence-electron chi connectivity index (χ0n) is 15.2. The van der Waals surface area contributed by atoms with E-state index in [1.807, 2.05) is 31.2 Å². The molecule has 0 spiro atoms. The molecule has 0 aliphatic rings. The zero-order chi connectivity index (χ0) is 20.0. The van der Waals surface area contributed by atoms with E-state index in [0.717, 1.165) is 16.7 Å².